The van der Waals surface area contributed by atoms with Crippen LogP contribution in [0, 0.1) is 11.8 Å². The molecule has 0 heterocycles. The molecule has 124 valence electrons. The number of allylic oxidation sites excluding steroid dienone is 8. The molecule has 0 aliphatic heterocycles. The van der Waals surface area contributed by atoms with Crippen molar-refractivity contribution in [2.75, 3.05) is 0 Å². The minimum absolute atomic E-state index is 0. The largest absolute Gasteiger partial charge is 1.00 e. The quantitative estimate of drug-likeness (QED) is 0.542. The van der Waals surface area contributed by atoms with Crippen molar-refractivity contribution in [3.8, 4) is 0 Å². The molecular weight excluding hydrogens is 363 g/mol. The molecule has 2 atom stereocenters. The third kappa shape index (κ3) is 3.92. The van der Waals surface area contributed by atoms with Gasteiger partial charge >= 0.3 is 128 Å². The van der Waals surface area contributed by atoms with Crippen molar-refractivity contribution >= 4 is 7.63 Å². The predicted octanol–water partition coefficient (Wildman–Crippen LogP) is -0.932. The maximum Gasteiger partial charge on any atom is -1.00 e. The van der Waals surface area contributed by atoms with Gasteiger partial charge in [0.2, 0.25) is 0 Å². The third-order valence-electron chi connectivity index (χ3n) is 5.22. The molecule has 0 N–H and O–H groups in total. The molecule has 0 saturated heterocycles. The molecule has 0 saturated carbocycles. The molecule has 2 aliphatic rings. The van der Waals surface area contributed by atoms with Gasteiger partial charge in [0.15, 0.2) is 0 Å². The Balaban J connectivity index is 0.00000220. The summed E-state index contributed by atoms with van der Waals surface area (Å²) in [5.74, 6) is 1.39. The van der Waals surface area contributed by atoms with Gasteiger partial charge < -0.3 is 24.8 Å². The van der Waals surface area contributed by atoms with Gasteiger partial charge in [0.05, 0.1) is 0 Å². The van der Waals surface area contributed by atoms with Crippen LogP contribution < -0.4 is 24.8 Å². The van der Waals surface area contributed by atoms with Crippen LogP contribution in [0.15, 0.2) is 43.2 Å². The smallest absolute Gasteiger partial charge is 1.00 e. The molecule has 0 aromatic rings. The van der Waals surface area contributed by atoms with Gasteiger partial charge in [0, 0.05) is 0 Å². The van der Waals surface area contributed by atoms with Gasteiger partial charge in [-0.15, -0.1) is 0 Å². The molecular formula is C18H30Cl2SiTi. The molecule has 22 heavy (non-hydrogen) atoms. The van der Waals surface area contributed by atoms with E-state index >= 15 is 0 Å². The van der Waals surface area contributed by atoms with E-state index in [-0.39, 0.29) is 24.8 Å². The second-order valence-electron chi connectivity index (χ2n) is 7.74. The van der Waals surface area contributed by atoms with Crippen LogP contribution in [0.5, 0.6) is 0 Å². The zero-order valence-electron chi connectivity index (χ0n) is 14.8. The fourth-order valence-corrected chi connectivity index (χ4v) is 14.4. The van der Waals surface area contributed by atoms with Crippen molar-refractivity contribution in [1.82, 2.24) is 0 Å². The van der Waals surface area contributed by atoms with Gasteiger partial charge in [0.1, 0.15) is 0 Å². The van der Waals surface area contributed by atoms with E-state index in [2.05, 4.69) is 70.1 Å². The maximum absolute atomic E-state index is 2.72. The standard InChI is InChI=1S/2C8H11.2CH3.2ClH.H2Si.Ti/c2*1-3-8-5-4-7(2)6-8;;;;;;/h2*4,6,8H,3H2,1-2H3;2*1H3;2*1H;1H2;/q;;;;;;;+2/p-2. The summed E-state index contributed by atoms with van der Waals surface area (Å²) in [6.45, 7) is 9.21. The fourth-order valence-electron chi connectivity index (χ4n) is 4.11. The first-order valence-electron chi connectivity index (χ1n) is 8.06. The Hall–Kier alpha value is 0.471. The average Bonchev–Trinajstić information content (AvgIpc) is 2.92. The summed E-state index contributed by atoms with van der Waals surface area (Å²) >= 11 is -2.72. The molecule has 2 aliphatic carbocycles. The zero-order chi connectivity index (χ0) is 15.2. The minimum Gasteiger partial charge on any atom is -1.00 e. The summed E-state index contributed by atoms with van der Waals surface area (Å²) in [6, 6.07) is 0. The SMILES string of the molecule is CCC1C=C(C)C=[C]1[Ti+2]([CH3])([CH3])(=[SiH2])[C]1=CC(C)=CC1CC.[Cl-].[Cl-]. The van der Waals surface area contributed by atoms with Crippen LogP contribution in [0.25, 0.3) is 0 Å². The topological polar surface area (TPSA) is 0 Å². The second kappa shape index (κ2) is 7.57. The van der Waals surface area contributed by atoms with Crippen LogP contribution in [-0.4, -0.2) is 7.63 Å². The van der Waals surface area contributed by atoms with Crippen molar-refractivity contribution < 1.29 is 38.9 Å². The monoisotopic (exact) mass is 392 g/mol. The van der Waals surface area contributed by atoms with E-state index in [9.17, 15) is 0 Å². The number of halogens is 2. The summed E-state index contributed by atoms with van der Waals surface area (Å²) in [4.78, 5) is 0. The Labute approximate surface area is 151 Å². The Morgan fingerprint density at radius 1 is 0.864 bits per heavy atom. The van der Waals surface area contributed by atoms with Crippen LogP contribution in [0.1, 0.15) is 40.5 Å². The van der Waals surface area contributed by atoms with Gasteiger partial charge in [-0.25, -0.2) is 0 Å². The summed E-state index contributed by atoms with van der Waals surface area (Å²) in [5, 5.41) is 5.27. The molecule has 2 rings (SSSR count). The molecule has 2 unspecified atom stereocenters. The Kier molecular flexibility index (Phi) is 7.73. The van der Waals surface area contributed by atoms with Crippen molar-refractivity contribution in [1.29, 1.82) is 0 Å². The van der Waals surface area contributed by atoms with Crippen molar-refractivity contribution in [2.45, 2.75) is 51.0 Å². The zero-order valence-corrected chi connectivity index (χ0v) is 19.3. The first-order valence-corrected chi connectivity index (χ1v) is 16.8. The molecule has 0 radical (unpaired) electrons. The first-order chi connectivity index (χ1) is 9.18. The van der Waals surface area contributed by atoms with Crippen LogP contribution in [0.2, 0.25) is 10.5 Å². The van der Waals surface area contributed by atoms with Crippen molar-refractivity contribution in [2.24, 2.45) is 11.8 Å². The summed E-state index contributed by atoms with van der Waals surface area (Å²) in [5.41, 5.74) is 2.96. The van der Waals surface area contributed by atoms with E-state index in [0.717, 1.165) is 0 Å². The van der Waals surface area contributed by atoms with E-state index in [0.29, 0.717) is 11.8 Å². The van der Waals surface area contributed by atoms with E-state index in [1.54, 1.807) is 7.76 Å². The Morgan fingerprint density at radius 3 is 1.45 bits per heavy atom. The maximum atomic E-state index is 2.64. The molecule has 0 bridgehead atoms. The van der Waals surface area contributed by atoms with Gasteiger partial charge in [0.25, 0.3) is 0 Å². The number of hydrogen-bond acceptors (Lipinski definition) is 0. The first kappa shape index (κ1) is 22.5. The molecule has 0 spiro atoms. The van der Waals surface area contributed by atoms with Crippen molar-refractivity contribution in [3.63, 3.8) is 0 Å². The van der Waals surface area contributed by atoms with E-state index in [1.165, 1.54) is 24.0 Å². The third-order valence-corrected chi connectivity index (χ3v) is 16.0. The Bertz CT molecular complexity index is 569. The summed E-state index contributed by atoms with van der Waals surface area (Å²) in [7, 11) is 2.37. The summed E-state index contributed by atoms with van der Waals surface area (Å²) < 4.78 is 3.60. The van der Waals surface area contributed by atoms with E-state index in [4.69, 9.17) is 0 Å². The average molecular weight is 393 g/mol. The van der Waals surface area contributed by atoms with Gasteiger partial charge in [-0.3, -0.25) is 0 Å². The molecule has 0 fully saturated rings. The fraction of sp³-hybridized carbons (Fsp3) is 0.556. The Morgan fingerprint density at radius 2 is 1.18 bits per heavy atom. The summed E-state index contributed by atoms with van der Waals surface area (Å²) in [6.07, 6.45) is 12.5. The van der Waals surface area contributed by atoms with Gasteiger partial charge in [-0.05, 0) is 0 Å². The molecule has 4 heteroatoms. The molecule has 0 aromatic carbocycles. The van der Waals surface area contributed by atoms with Crippen LogP contribution >= 0.6 is 0 Å². The van der Waals surface area contributed by atoms with E-state index < -0.39 is 14.0 Å². The number of hydrogen-bond donors (Lipinski definition) is 0. The van der Waals surface area contributed by atoms with Crippen LogP contribution in [-0.2, 0) is 14.0 Å². The normalized spacial score (nSPS) is 23.5. The number of rotatable bonds is 4. The molecule has 0 aromatic heterocycles. The van der Waals surface area contributed by atoms with Gasteiger partial charge in [-0.1, -0.05) is 0 Å². The second-order valence-corrected chi connectivity index (χ2v) is 26.7. The van der Waals surface area contributed by atoms with Crippen LogP contribution in [0.3, 0.4) is 0 Å². The van der Waals surface area contributed by atoms with Crippen LogP contribution in [0.4, 0.5) is 0 Å². The molecule has 0 amide bonds. The van der Waals surface area contributed by atoms with E-state index in [1.807, 2.05) is 0 Å². The minimum atomic E-state index is -2.72. The van der Waals surface area contributed by atoms with Crippen molar-refractivity contribution in [3.05, 3.63) is 43.2 Å². The molecule has 0 nitrogen and oxygen atoms in total. The predicted molar refractivity (Wildman–Crippen MR) is 91.5 cm³/mol. The van der Waals surface area contributed by atoms with Gasteiger partial charge in [-0.2, -0.15) is 0 Å².